The third-order valence-corrected chi connectivity index (χ3v) is 5.50. The van der Waals surface area contributed by atoms with E-state index in [0.29, 0.717) is 6.42 Å². The van der Waals surface area contributed by atoms with Gasteiger partial charge in [-0.15, -0.1) is 0 Å². The maximum Gasteiger partial charge on any atom is 0.242 e. The van der Waals surface area contributed by atoms with Gasteiger partial charge in [-0.25, -0.2) is 17.5 Å². The zero-order valence-corrected chi connectivity index (χ0v) is 13.6. The van der Waals surface area contributed by atoms with Crippen molar-refractivity contribution < 1.29 is 12.8 Å². The van der Waals surface area contributed by atoms with E-state index in [1.165, 1.54) is 24.3 Å². The molecule has 0 aliphatic heterocycles. The molecule has 4 nitrogen and oxygen atoms in total. The monoisotopic (exact) mass is 352 g/mol. The van der Waals surface area contributed by atoms with Crippen molar-refractivity contribution in [1.82, 2.24) is 9.71 Å². The summed E-state index contributed by atoms with van der Waals surface area (Å²) in [5.74, 6) is -0.324. The van der Waals surface area contributed by atoms with E-state index in [1.54, 1.807) is 24.4 Å². The maximum absolute atomic E-state index is 13.3. The molecule has 0 bridgehead atoms. The van der Waals surface area contributed by atoms with Crippen LogP contribution in [0.1, 0.15) is 5.56 Å². The number of hydrogen-bond donors (Lipinski definition) is 2. The molecule has 0 fully saturated rings. The molecule has 0 atom stereocenters. The molecule has 0 aliphatic carbocycles. The highest BCUT2D eigenvalue weighted by Gasteiger charge is 2.16. The lowest BCUT2D eigenvalue weighted by Crippen LogP contribution is -2.26. The first-order valence-electron chi connectivity index (χ1n) is 6.97. The summed E-state index contributed by atoms with van der Waals surface area (Å²) in [4.78, 5) is 3.09. The number of rotatable bonds is 5. The number of aromatic amines is 1. The molecule has 0 saturated heterocycles. The van der Waals surface area contributed by atoms with Crippen molar-refractivity contribution >= 4 is 32.5 Å². The zero-order chi connectivity index (χ0) is 16.4. The Morgan fingerprint density at radius 3 is 2.74 bits per heavy atom. The summed E-state index contributed by atoms with van der Waals surface area (Å²) in [5.41, 5.74) is 1.66. The molecule has 2 aromatic carbocycles. The van der Waals surface area contributed by atoms with Gasteiger partial charge in [0.05, 0.1) is 5.02 Å². The molecule has 1 aromatic heterocycles. The van der Waals surface area contributed by atoms with Gasteiger partial charge in [0.2, 0.25) is 10.0 Å². The molecule has 2 N–H and O–H groups in total. The molecule has 23 heavy (non-hydrogen) atoms. The summed E-state index contributed by atoms with van der Waals surface area (Å²) in [7, 11) is -3.67. The number of benzene rings is 2. The van der Waals surface area contributed by atoms with Gasteiger partial charge in [0.15, 0.2) is 0 Å². The molecule has 0 amide bonds. The first-order chi connectivity index (χ1) is 11.0. The third kappa shape index (κ3) is 3.39. The summed E-state index contributed by atoms with van der Waals surface area (Å²) < 4.78 is 40.3. The first-order valence-corrected chi connectivity index (χ1v) is 8.83. The lowest BCUT2D eigenvalue weighted by atomic mass is 10.1. The summed E-state index contributed by atoms with van der Waals surface area (Å²) in [6.45, 7) is 0.191. The van der Waals surface area contributed by atoms with E-state index < -0.39 is 10.0 Å². The number of hydrogen-bond acceptors (Lipinski definition) is 2. The molecule has 0 saturated carbocycles. The van der Waals surface area contributed by atoms with Crippen LogP contribution >= 0.6 is 11.6 Å². The van der Waals surface area contributed by atoms with Crippen molar-refractivity contribution in [3.8, 4) is 0 Å². The Hall–Kier alpha value is -1.89. The molecule has 0 unspecified atom stereocenters. The van der Waals surface area contributed by atoms with E-state index in [1.807, 2.05) is 0 Å². The number of halogens is 2. The van der Waals surface area contributed by atoms with Crippen LogP contribution in [0.4, 0.5) is 4.39 Å². The lowest BCUT2D eigenvalue weighted by molar-refractivity contribution is 0.581. The van der Waals surface area contributed by atoms with Crippen LogP contribution in [-0.4, -0.2) is 19.9 Å². The molecule has 3 aromatic rings. The van der Waals surface area contributed by atoms with Gasteiger partial charge in [-0.1, -0.05) is 23.7 Å². The Balaban J connectivity index is 1.74. The van der Waals surface area contributed by atoms with Crippen molar-refractivity contribution in [3.05, 3.63) is 65.1 Å². The molecular formula is C16H14ClFN2O2S. The Morgan fingerprint density at radius 2 is 1.96 bits per heavy atom. The van der Waals surface area contributed by atoms with E-state index in [2.05, 4.69) is 9.71 Å². The maximum atomic E-state index is 13.3. The second-order valence-electron chi connectivity index (χ2n) is 5.08. The van der Waals surface area contributed by atoms with E-state index in [4.69, 9.17) is 11.6 Å². The predicted octanol–water partition coefficient (Wildman–Crippen LogP) is 3.48. The van der Waals surface area contributed by atoms with Crippen LogP contribution in [0.25, 0.3) is 10.9 Å². The van der Waals surface area contributed by atoms with Crippen LogP contribution in [0.15, 0.2) is 53.6 Å². The molecule has 120 valence electrons. The predicted molar refractivity (Wildman–Crippen MR) is 88.6 cm³/mol. The minimum Gasteiger partial charge on any atom is -0.361 e. The van der Waals surface area contributed by atoms with E-state index in [0.717, 1.165) is 16.5 Å². The van der Waals surface area contributed by atoms with Gasteiger partial charge in [0.1, 0.15) is 10.7 Å². The van der Waals surface area contributed by atoms with Gasteiger partial charge >= 0.3 is 0 Å². The van der Waals surface area contributed by atoms with Gasteiger partial charge in [-0.05, 0) is 42.3 Å². The van der Waals surface area contributed by atoms with Crippen LogP contribution < -0.4 is 4.72 Å². The standard InChI is InChI=1S/C16H14ClFN2O2S/c17-14-3-1-2-4-16(14)23(21,22)20-8-7-11-10-19-15-6-5-12(18)9-13(11)15/h1-6,9-10,19-20H,7-8H2. The number of aromatic nitrogens is 1. The van der Waals surface area contributed by atoms with Crippen molar-refractivity contribution in [2.75, 3.05) is 6.54 Å². The van der Waals surface area contributed by atoms with E-state index in [9.17, 15) is 12.8 Å². The van der Waals surface area contributed by atoms with Crippen molar-refractivity contribution in [1.29, 1.82) is 0 Å². The van der Waals surface area contributed by atoms with Crippen LogP contribution in [0.3, 0.4) is 0 Å². The number of H-pyrrole nitrogens is 1. The van der Waals surface area contributed by atoms with E-state index in [-0.39, 0.29) is 22.3 Å². The van der Waals surface area contributed by atoms with Crippen LogP contribution in [0.5, 0.6) is 0 Å². The van der Waals surface area contributed by atoms with Crippen LogP contribution in [0.2, 0.25) is 5.02 Å². The number of sulfonamides is 1. The van der Waals surface area contributed by atoms with Crippen LogP contribution in [0, 0.1) is 5.82 Å². The van der Waals surface area contributed by atoms with E-state index >= 15 is 0 Å². The second-order valence-corrected chi connectivity index (χ2v) is 7.22. The highest BCUT2D eigenvalue weighted by Crippen LogP contribution is 2.21. The first kappa shape index (κ1) is 16.0. The average Bonchev–Trinajstić information content (AvgIpc) is 2.90. The van der Waals surface area contributed by atoms with Crippen LogP contribution in [-0.2, 0) is 16.4 Å². The third-order valence-electron chi connectivity index (χ3n) is 3.54. The summed E-state index contributed by atoms with van der Waals surface area (Å²) in [6.07, 6.45) is 2.20. The Labute approximate surface area is 138 Å². The Bertz CT molecular complexity index is 954. The Kier molecular flexibility index (Phi) is 4.39. The molecular weight excluding hydrogens is 339 g/mol. The summed E-state index contributed by atoms with van der Waals surface area (Å²) in [5, 5.41) is 0.927. The topological polar surface area (TPSA) is 62.0 Å². The fourth-order valence-electron chi connectivity index (χ4n) is 2.42. The van der Waals surface area contributed by atoms with Gasteiger partial charge in [0, 0.05) is 23.6 Å². The second kappa shape index (κ2) is 6.31. The fourth-order valence-corrected chi connectivity index (χ4v) is 3.97. The van der Waals surface area contributed by atoms with Gasteiger partial charge in [0.25, 0.3) is 0 Å². The normalized spacial score (nSPS) is 11.9. The minimum absolute atomic E-state index is 0.0478. The molecule has 0 spiro atoms. The largest absolute Gasteiger partial charge is 0.361 e. The summed E-state index contributed by atoms with van der Waals surface area (Å²) in [6, 6.07) is 10.7. The molecule has 3 rings (SSSR count). The number of fused-ring (bicyclic) bond motifs is 1. The van der Waals surface area contributed by atoms with Gasteiger partial charge in [-0.2, -0.15) is 0 Å². The van der Waals surface area contributed by atoms with Crippen molar-refractivity contribution in [2.45, 2.75) is 11.3 Å². The van der Waals surface area contributed by atoms with Gasteiger partial charge < -0.3 is 4.98 Å². The average molecular weight is 353 g/mol. The smallest absolute Gasteiger partial charge is 0.242 e. The lowest BCUT2D eigenvalue weighted by Gasteiger charge is -2.08. The van der Waals surface area contributed by atoms with Crippen molar-refractivity contribution in [2.24, 2.45) is 0 Å². The molecule has 7 heteroatoms. The molecule has 0 radical (unpaired) electrons. The molecule has 1 heterocycles. The minimum atomic E-state index is -3.67. The number of nitrogens with one attached hydrogen (secondary N) is 2. The quantitative estimate of drug-likeness (QED) is 0.738. The Morgan fingerprint density at radius 1 is 1.17 bits per heavy atom. The highest BCUT2D eigenvalue weighted by molar-refractivity contribution is 7.89. The summed E-state index contributed by atoms with van der Waals surface area (Å²) >= 11 is 5.92. The fraction of sp³-hybridized carbons (Fsp3) is 0.125. The zero-order valence-electron chi connectivity index (χ0n) is 12.0. The van der Waals surface area contributed by atoms with Gasteiger partial charge in [-0.3, -0.25) is 0 Å². The van der Waals surface area contributed by atoms with Crippen molar-refractivity contribution in [3.63, 3.8) is 0 Å². The SMILES string of the molecule is O=S(=O)(NCCc1c[nH]c2ccc(F)cc12)c1ccccc1Cl. The highest BCUT2D eigenvalue weighted by atomic mass is 35.5. The molecule has 0 aliphatic rings.